The Morgan fingerprint density at radius 2 is 0.944 bits per heavy atom. The van der Waals surface area contributed by atoms with Crippen LogP contribution in [0.15, 0.2) is 24.3 Å². The van der Waals surface area contributed by atoms with E-state index in [9.17, 15) is 14.7 Å². The monoisotopic (exact) mass is 766 g/mol. The van der Waals surface area contributed by atoms with Gasteiger partial charge in [-0.1, -0.05) is 116 Å². The Morgan fingerprint density at radius 3 is 1.46 bits per heavy atom. The summed E-state index contributed by atoms with van der Waals surface area (Å²) in [5.74, 6) is -0.234. The first-order valence-corrected chi connectivity index (χ1v) is 22.7. The molecule has 54 heavy (non-hydrogen) atoms. The van der Waals surface area contributed by atoms with Crippen molar-refractivity contribution in [2.75, 3.05) is 52.7 Å². The molecule has 0 fully saturated rings. The lowest BCUT2D eigenvalue weighted by Crippen LogP contribution is -2.28. The number of esters is 2. The Balaban J connectivity index is 4.08. The number of unbranched alkanes of at least 4 members (excludes halogenated alkanes) is 17. The summed E-state index contributed by atoms with van der Waals surface area (Å²) in [6.07, 6.45) is 37.5. The lowest BCUT2D eigenvalue weighted by atomic mass is 10.1. The van der Waals surface area contributed by atoms with Crippen LogP contribution in [0.5, 0.6) is 0 Å². The number of allylic oxidation sites excluding steroid dienone is 4. The van der Waals surface area contributed by atoms with E-state index in [1.165, 1.54) is 44.9 Å². The van der Waals surface area contributed by atoms with E-state index in [2.05, 4.69) is 50.0 Å². The summed E-state index contributed by atoms with van der Waals surface area (Å²) >= 11 is 0. The largest absolute Gasteiger partial charge is 0.466 e. The average molecular weight is 766 g/mol. The molecule has 0 aromatic rings. The summed E-state index contributed by atoms with van der Waals surface area (Å²) in [7, 11) is 0. The average Bonchev–Trinajstić information content (AvgIpc) is 3.17. The van der Waals surface area contributed by atoms with Gasteiger partial charge >= 0.3 is 11.9 Å². The van der Waals surface area contributed by atoms with Crippen LogP contribution in [0, 0.1) is 0 Å². The molecule has 0 saturated heterocycles. The number of aliphatic hydroxyl groups is 1. The summed E-state index contributed by atoms with van der Waals surface area (Å²) < 4.78 is 23.1. The molecule has 0 unspecified atom stereocenters. The number of aliphatic hydroxyl groups excluding tert-OH is 1. The summed E-state index contributed by atoms with van der Waals surface area (Å²) in [5.41, 5.74) is 0. The molecule has 0 aliphatic heterocycles. The molecule has 0 aromatic carbocycles. The molecule has 318 valence electrons. The molecule has 0 aliphatic rings. The number of hydrogen-bond donors (Lipinski definition) is 1. The topological polar surface area (TPSA) is 94.5 Å². The van der Waals surface area contributed by atoms with Gasteiger partial charge in [0, 0.05) is 39.2 Å². The summed E-state index contributed by atoms with van der Waals surface area (Å²) in [6, 6.07) is 0. The minimum absolute atomic E-state index is 0.0568. The van der Waals surface area contributed by atoms with Crippen molar-refractivity contribution in [3.8, 4) is 0 Å². The number of hydrogen-bond acceptors (Lipinski definition) is 8. The van der Waals surface area contributed by atoms with Crippen molar-refractivity contribution in [2.24, 2.45) is 0 Å². The van der Waals surface area contributed by atoms with Crippen LogP contribution in [0.25, 0.3) is 0 Å². The van der Waals surface area contributed by atoms with Crippen LogP contribution in [0.3, 0.4) is 0 Å². The molecule has 8 nitrogen and oxygen atoms in total. The Kier molecular flexibility index (Phi) is 42.6. The van der Waals surface area contributed by atoms with E-state index in [1.54, 1.807) is 0 Å². The van der Waals surface area contributed by atoms with E-state index in [0.29, 0.717) is 45.7 Å². The van der Waals surface area contributed by atoms with Crippen molar-refractivity contribution in [1.82, 2.24) is 4.90 Å². The third-order valence-corrected chi connectivity index (χ3v) is 9.66. The fourth-order valence-electron chi connectivity index (χ4n) is 6.31. The molecule has 1 N–H and O–H groups in total. The van der Waals surface area contributed by atoms with Crippen molar-refractivity contribution in [3.63, 3.8) is 0 Å². The van der Waals surface area contributed by atoms with Gasteiger partial charge in [0.1, 0.15) is 0 Å². The number of carbonyl (C=O) groups is 2. The third kappa shape index (κ3) is 39.9. The van der Waals surface area contributed by atoms with Crippen molar-refractivity contribution in [3.05, 3.63) is 24.3 Å². The lowest BCUT2D eigenvalue weighted by Gasteiger charge is -2.22. The number of rotatable bonds is 43. The Bertz CT molecular complexity index is 825. The van der Waals surface area contributed by atoms with Crippen LogP contribution in [0.2, 0.25) is 0 Å². The van der Waals surface area contributed by atoms with Gasteiger partial charge < -0.3 is 29.0 Å². The molecule has 0 saturated carbocycles. The molecular weight excluding hydrogens is 679 g/mol. The molecule has 0 atom stereocenters. The lowest BCUT2D eigenvalue weighted by molar-refractivity contribution is -0.159. The van der Waals surface area contributed by atoms with Gasteiger partial charge in [-0.05, 0) is 103 Å². The highest BCUT2D eigenvalue weighted by molar-refractivity contribution is 5.69. The van der Waals surface area contributed by atoms with Crippen molar-refractivity contribution < 1.29 is 33.6 Å². The van der Waals surface area contributed by atoms with Crippen LogP contribution in [-0.2, 0) is 28.5 Å². The highest BCUT2D eigenvalue weighted by Gasteiger charge is 2.14. The molecule has 0 rings (SSSR count). The molecule has 0 aromatic heterocycles. The molecule has 0 amide bonds. The minimum atomic E-state index is -0.362. The van der Waals surface area contributed by atoms with E-state index in [-0.39, 0.29) is 24.8 Å². The van der Waals surface area contributed by atoms with Crippen molar-refractivity contribution in [1.29, 1.82) is 0 Å². The molecule has 0 bridgehead atoms. The van der Waals surface area contributed by atoms with Gasteiger partial charge in [0.05, 0.1) is 19.6 Å². The van der Waals surface area contributed by atoms with Gasteiger partial charge in [0.2, 0.25) is 0 Å². The smallest absolute Gasteiger partial charge is 0.305 e. The quantitative estimate of drug-likeness (QED) is 0.0284. The fourth-order valence-corrected chi connectivity index (χ4v) is 6.31. The predicted octanol–water partition coefficient (Wildman–Crippen LogP) is 11.8. The molecule has 0 spiro atoms. The van der Waals surface area contributed by atoms with Gasteiger partial charge in [-0.3, -0.25) is 9.59 Å². The minimum Gasteiger partial charge on any atom is -0.466 e. The van der Waals surface area contributed by atoms with Gasteiger partial charge in [-0.15, -0.1) is 0 Å². The highest BCUT2D eigenvalue weighted by Crippen LogP contribution is 2.13. The maximum absolute atomic E-state index is 12.5. The normalized spacial score (nSPS) is 11.9. The zero-order chi connectivity index (χ0) is 39.4. The summed E-state index contributed by atoms with van der Waals surface area (Å²) in [5, 5.41) is 9.36. The molecular formula is C46H87NO7. The van der Waals surface area contributed by atoms with Crippen LogP contribution in [0.1, 0.15) is 201 Å². The second-order valence-corrected chi connectivity index (χ2v) is 14.9. The van der Waals surface area contributed by atoms with E-state index < -0.39 is 0 Å². The first-order chi connectivity index (χ1) is 26.6. The Morgan fingerprint density at radius 1 is 0.500 bits per heavy atom. The molecule has 0 heterocycles. The third-order valence-electron chi connectivity index (χ3n) is 9.66. The standard InChI is InChI=1S/C46H87NO7/c1-4-7-10-13-16-17-18-22-28-40-51-44(49)33-25-24-27-37-47(38-32-39-48)36-26-19-23-29-41-52-45(50)34-35-46(53-42-30-20-14-11-8-5-2)54-43-31-21-15-12-9-6-3/h8-9,11-12,46,48H,4-7,10,13-43H2,1-3H3/b11-8-,12-9-. The van der Waals surface area contributed by atoms with Crippen LogP contribution < -0.4 is 0 Å². The van der Waals surface area contributed by atoms with E-state index >= 15 is 0 Å². The van der Waals surface area contributed by atoms with E-state index in [4.69, 9.17) is 18.9 Å². The van der Waals surface area contributed by atoms with Gasteiger partial charge in [-0.25, -0.2) is 0 Å². The Labute approximate surface area is 333 Å². The van der Waals surface area contributed by atoms with Crippen molar-refractivity contribution >= 4 is 11.9 Å². The Hall–Kier alpha value is -1.74. The molecule has 8 heteroatoms. The van der Waals surface area contributed by atoms with Crippen LogP contribution in [-0.4, -0.2) is 80.9 Å². The van der Waals surface area contributed by atoms with Gasteiger partial charge in [0.15, 0.2) is 6.29 Å². The molecule has 0 aliphatic carbocycles. The maximum Gasteiger partial charge on any atom is 0.305 e. The van der Waals surface area contributed by atoms with E-state index in [0.717, 1.165) is 135 Å². The maximum atomic E-state index is 12.5. The SMILES string of the molecule is CC/C=C\CCCCOC(CCC(=O)OCCCCCCN(CCCO)CCCCCC(=O)OCCCCCCCCCCC)OCCCC/C=C\CC. The number of nitrogens with zero attached hydrogens (tertiary/aromatic N) is 1. The van der Waals surface area contributed by atoms with E-state index in [1.807, 2.05) is 0 Å². The highest BCUT2D eigenvalue weighted by atomic mass is 16.7. The van der Waals surface area contributed by atoms with Gasteiger partial charge in [-0.2, -0.15) is 0 Å². The second-order valence-electron chi connectivity index (χ2n) is 14.9. The van der Waals surface area contributed by atoms with Gasteiger partial charge in [0.25, 0.3) is 0 Å². The van der Waals surface area contributed by atoms with Crippen LogP contribution in [0.4, 0.5) is 0 Å². The summed E-state index contributed by atoms with van der Waals surface area (Å²) in [4.78, 5) is 27.0. The van der Waals surface area contributed by atoms with Crippen LogP contribution >= 0.6 is 0 Å². The molecule has 0 radical (unpaired) electrons. The zero-order valence-electron chi connectivity index (χ0n) is 35.7. The predicted molar refractivity (Wildman–Crippen MR) is 226 cm³/mol. The second kappa shape index (κ2) is 44.0. The zero-order valence-corrected chi connectivity index (χ0v) is 35.7. The first kappa shape index (κ1) is 52.3. The summed E-state index contributed by atoms with van der Waals surface area (Å²) in [6.45, 7) is 12.0. The number of carbonyl (C=O) groups excluding carboxylic acids is 2. The van der Waals surface area contributed by atoms with Crippen molar-refractivity contribution in [2.45, 2.75) is 207 Å². The fraction of sp³-hybridized carbons (Fsp3) is 0.870. The first-order valence-electron chi connectivity index (χ1n) is 22.7. The number of ether oxygens (including phenoxy) is 4.